The molecule has 2 aliphatic rings. The van der Waals surface area contributed by atoms with Crippen LogP contribution in [0.4, 0.5) is 5.69 Å². The minimum Gasteiger partial charge on any atom is -0.477 e. The number of carboxylic acids is 1. The first-order chi connectivity index (χ1) is 14.0. The Kier molecular flexibility index (Phi) is 3.96. The molecule has 0 radical (unpaired) electrons. The molecule has 6 heteroatoms. The highest BCUT2D eigenvalue weighted by Gasteiger charge is 2.67. The van der Waals surface area contributed by atoms with E-state index in [-0.39, 0.29) is 24.1 Å². The molecule has 0 saturated heterocycles. The maximum Gasteiger partial charge on any atom is 0.354 e. The predicted octanol–water partition coefficient (Wildman–Crippen LogP) is 4.41. The summed E-state index contributed by atoms with van der Waals surface area (Å²) in [5.74, 6) is -0.931. The number of fused-ring (bicyclic) bond motifs is 2. The van der Waals surface area contributed by atoms with Crippen LogP contribution in [0.1, 0.15) is 39.6 Å². The number of anilines is 1. The van der Waals surface area contributed by atoms with Crippen molar-refractivity contribution in [2.75, 3.05) is 4.90 Å². The lowest BCUT2D eigenvalue weighted by atomic mass is 9.92. The summed E-state index contributed by atoms with van der Waals surface area (Å²) in [6, 6.07) is 20.4. The molecule has 1 amide bonds. The van der Waals surface area contributed by atoms with Gasteiger partial charge in [-0.25, -0.2) is 9.78 Å². The van der Waals surface area contributed by atoms with Crippen LogP contribution in [0.25, 0.3) is 0 Å². The number of hydrogen-bond donors (Lipinski definition) is 1. The van der Waals surface area contributed by atoms with Gasteiger partial charge >= 0.3 is 5.97 Å². The van der Waals surface area contributed by atoms with Crippen LogP contribution in [0.15, 0.2) is 66.7 Å². The van der Waals surface area contributed by atoms with Gasteiger partial charge in [0, 0.05) is 16.6 Å². The van der Waals surface area contributed by atoms with Gasteiger partial charge in [-0.1, -0.05) is 48.0 Å². The van der Waals surface area contributed by atoms with Crippen LogP contribution in [0.3, 0.4) is 0 Å². The van der Waals surface area contributed by atoms with Crippen LogP contribution >= 0.6 is 11.6 Å². The van der Waals surface area contributed by atoms with Crippen molar-refractivity contribution in [1.82, 2.24) is 4.98 Å². The smallest absolute Gasteiger partial charge is 0.354 e. The number of carbonyl (C=O) groups excluding carboxylic acids is 1. The molecule has 1 spiro atoms. The third kappa shape index (κ3) is 2.73. The number of amides is 1. The minimum atomic E-state index is -1.08. The van der Waals surface area contributed by atoms with Crippen LogP contribution in [0.2, 0.25) is 5.02 Å². The van der Waals surface area contributed by atoms with Crippen LogP contribution in [0, 0.1) is 0 Å². The first-order valence-electron chi connectivity index (χ1n) is 9.37. The molecule has 1 fully saturated rings. The van der Waals surface area contributed by atoms with Crippen LogP contribution in [0.5, 0.6) is 0 Å². The summed E-state index contributed by atoms with van der Waals surface area (Å²) >= 11 is 6.02. The average molecular weight is 405 g/mol. The molecule has 5 nitrogen and oxygen atoms in total. The number of carboxylic acid groups (broad SMARTS) is 1. The molecule has 1 aliphatic heterocycles. The summed E-state index contributed by atoms with van der Waals surface area (Å²) in [6.45, 7) is 0.242. The van der Waals surface area contributed by atoms with E-state index in [9.17, 15) is 14.7 Å². The van der Waals surface area contributed by atoms with E-state index in [2.05, 4.69) is 4.98 Å². The molecule has 2 heterocycles. The van der Waals surface area contributed by atoms with E-state index in [0.717, 1.165) is 23.2 Å². The Bertz CT molecular complexity index is 1140. The molecule has 0 bridgehead atoms. The second-order valence-corrected chi connectivity index (χ2v) is 7.94. The van der Waals surface area contributed by atoms with Gasteiger partial charge in [-0.15, -0.1) is 0 Å². The van der Waals surface area contributed by atoms with Crippen molar-refractivity contribution in [3.8, 4) is 0 Å². The maximum absolute atomic E-state index is 13.6. The molecule has 1 N–H and O–H groups in total. The lowest BCUT2D eigenvalue weighted by Gasteiger charge is -2.18. The summed E-state index contributed by atoms with van der Waals surface area (Å²) in [5.41, 5.74) is 2.96. The van der Waals surface area contributed by atoms with Gasteiger partial charge in [0.2, 0.25) is 5.91 Å². The van der Waals surface area contributed by atoms with Crippen molar-refractivity contribution >= 4 is 29.2 Å². The Morgan fingerprint density at radius 1 is 1.10 bits per heavy atom. The topological polar surface area (TPSA) is 70.5 Å². The van der Waals surface area contributed by atoms with Gasteiger partial charge in [-0.05, 0) is 47.9 Å². The number of halogens is 1. The van der Waals surface area contributed by atoms with Gasteiger partial charge in [0.15, 0.2) is 0 Å². The van der Waals surface area contributed by atoms with Gasteiger partial charge in [-0.2, -0.15) is 0 Å². The highest BCUT2D eigenvalue weighted by molar-refractivity contribution is 6.30. The van der Waals surface area contributed by atoms with Crippen LogP contribution in [-0.4, -0.2) is 22.0 Å². The first kappa shape index (κ1) is 17.9. The zero-order valence-corrected chi connectivity index (χ0v) is 16.1. The van der Waals surface area contributed by atoms with Crippen LogP contribution in [-0.2, 0) is 16.8 Å². The fraction of sp³-hybridized carbons (Fsp3) is 0.174. The molecule has 1 aliphatic carbocycles. The molecular weight excluding hydrogens is 388 g/mol. The molecule has 1 aromatic heterocycles. The summed E-state index contributed by atoms with van der Waals surface area (Å²) in [6.07, 6.45) is 0.754. The molecule has 2 atom stereocenters. The number of carbonyl (C=O) groups is 2. The monoisotopic (exact) mass is 404 g/mol. The number of benzene rings is 2. The largest absolute Gasteiger partial charge is 0.477 e. The Morgan fingerprint density at radius 2 is 1.86 bits per heavy atom. The number of aromatic nitrogens is 1. The molecule has 1 saturated carbocycles. The van der Waals surface area contributed by atoms with Gasteiger partial charge in [0.1, 0.15) is 5.69 Å². The van der Waals surface area contributed by atoms with Gasteiger partial charge in [0.25, 0.3) is 0 Å². The zero-order chi connectivity index (χ0) is 20.2. The predicted molar refractivity (Wildman–Crippen MR) is 109 cm³/mol. The number of hydrogen-bond acceptors (Lipinski definition) is 3. The van der Waals surface area contributed by atoms with Crippen molar-refractivity contribution in [3.05, 3.63) is 94.3 Å². The lowest BCUT2D eigenvalue weighted by molar-refractivity contribution is -0.120. The van der Waals surface area contributed by atoms with Crippen molar-refractivity contribution in [1.29, 1.82) is 0 Å². The van der Waals surface area contributed by atoms with Gasteiger partial charge < -0.3 is 10.0 Å². The van der Waals surface area contributed by atoms with Gasteiger partial charge in [0.05, 0.1) is 17.7 Å². The number of para-hydroxylation sites is 1. The highest BCUT2D eigenvalue weighted by atomic mass is 35.5. The summed E-state index contributed by atoms with van der Waals surface area (Å²) in [4.78, 5) is 30.7. The molecule has 5 rings (SSSR count). The summed E-state index contributed by atoms with van der Waals surface area (Å²) in [7, 11) is 0. The van der Waals surface area contributed by atoms with E-state index in [0.29, 0.717) is 10.7 Å². The average Bonchev–Trinajstić information content (AvgIpc) is 3.44. The normalized spacial score (nSPS) is 22.0. The fourth-order valence-electron chi connectivity index (χ4n) is 4.45. The van der Waals surface area contributed by atoms with E-state index >= 15 is 0 Å². The SMILES string of the molecule is O=C(O)c1cccc(CN2C(=O)[C@@]3(C[C@H]3c3ccc(Cl)cc3)c3ccccc32)n1. The van der Waals surface area contributed by atoms with E-state index < -0.39 is 11.4 Å². The summed E-state index contributed by atoms with van der Waals surface area (Å²) < 4.78 is 0. The van der Waals surface area contributed by atoms with E-state index in [1.807, 2.05) is 48.5 Å². The molecule has 144 valence electrons. The summed E-state index contributed by atoms with van der Waals surface area (Å²) in [5, 5.41) is 9.87. The third-order valence-corrected chi connectivity index (χ3v) is 6.13. The third-order valence-electron chi connectivity index (χ3n) is 5.88. The minimum absolute atomic E-state index is 0.0254. The van der Waals surface area contributed by atoms with E-state index in [4.69, 9.17) is 11.6 Å². The quantitative estimate of drug-likeness (QED) is 0.699. The first-order valence-corrected chi connectivity index (χ1v) is 9.74. The van der Waals surface area contributed by atoms with E-state index in [1.54, 1.807) is 17.0 Å². The van der Waals surface area contributed by atoms with Crippen molar-refractivity contribution in [2.24, 2.45) is 0 Å². The van der Waals surface area contributed by atoms with Crippen LogP contribution < -0.4 is 4.90 Å². The zero-order valence-electron chi connectivity index (χ0n) is 15.4. The van der Waals surface area contributed by atoms with E-state index in [1.165, 1.54) is 6.07 Å². The highest BCUT2D eigenvalue weighted by Crippen LogP contribution is 2.66. The number of aromatic carboxylic acids is 1. The molecule has 29 heavy (non-hydrogen) atoms. The Hall–Kier alpha value is -3.18. The fourth-order valence-corrected chi connectivity index (χ4v) is 4.58. The van der Waals surface area contributed by atoms with Crippen molar-refractivity contribution in [2.45, 2.75) is 24.3 Å². The second kappa shape index (κ2) is 6.42. The number of nitrogens with zero attached hydrogens (tertiary/aromatic N) is 2. The molecular formula is C23H17ClN2O3. The standard InChI is InChI=1S/C23H17ClN2O3/c24-15-10-8-14(9-11-15)18-12-23(18)17-5-1-2-7-20(17)26(22(23)29)13-16-4-3-6-19(25-16)21(27)28/h1-11,18H,12-13H2,(H,27,28)/t18-,23-/m0/s1. The molecule has 0 unspecified atom stereocenters. The van der Waals surface area contributed by atoms with Gasteiger partial charge in [-0.3, -0.25) is 4.79 Å². The molecule has 3 aromatic rings. The second-order valence-electron chi connectivity index (χ2n) is 7.51. The van der Waals surface area contributed by atoms with Crippen molar-refractivity contribution in [3.63, 3.8) is 0 Å². The lowest BCUT2D eigenvalue weighted by Crippen LogP contribution is -2.32. The maximum atomic E-state index is 13.6. The molecule has 2 aromatic carbocycles. The van der Waals surface area contributed by atoms with Crippen molar-refractivity contribution < 1.29 is 14.7 Å². The Morgan fingerprint density at radius 3 is 2.62 bits per heavy atom. The Labute approximate surface area is 172 Å². The number of pyridine rings is 1. The number of rotatable bonds is 4. The Balaban J connectivity index is 1.51.